The number of carbonyl (C=O) groups is 1. The van der Waals surface area contributed by atoms with Crippen LogP contribution in [-0.2, 0) is 20.8 Å². The van der Waals surface area contributed by atoms with Gasteiger partial charge in [-0.05, 0) is 5.56 Å². The molecule has 0 aromatic heterocycles. The fourth-order valence-corrected chi connectivity index (χ4v) is 1.92. The van der Waals surface area contributed by atoms with Crippen molar-refractivity contribution in [1.29, 1.82) is 0 Å². The third kappa shape index (κ3) is 3.98. The molecule has 1 saturated heterocycles. The minimum atomic E-state index is -0.409. The molecule has 2 atom stereocenters. The molecule has 0 radical (unpaired) electrons. The topological polar surface area (TPSA) is 47.6 Å². The van der Waals surface area contributed by atoms with Gasteiger partial charge in [0, 0.05) is 19.0 Å². The Hall–Kier alpha value is -1.10. The Bertz CT molecular complexity index is 372. The molecule has 1 aliphatic heterocycles. The quantitative estimate of drug-likeness (QED) is 0.844. The molecular weight excluding hydrogens is 254 g/mol. The summed E-state index contributed by atoms with van der Waals surface area (Å²) < 4.78 is 10.0. The van der Waals surface area contributed by atoms with Gasteiger partial charge in [0.2, 0.25) is 0 Å². The number of ether oxygens (including phenoxy) is 2. The van der Waals surface area contributed by atoms with Crippen LogP contribution in [0.5, 0.6) is 0 Å². The zero-order valence-electron chi connectivity index (χ0n) is 10.3. The summed E-state index contributed by atoms with van der Waals surface area (Å²) in [5.41, 5.74) is 1.23. The predicted molar refractivity (Wildman–Crippen MR) is 70.7 cm³/mol. The standard InChI is InChI=1S/C13H17NO3.ClH/c1-16-13(15)12-7-11(9-17-12)14-8-10-5-3-2-4-6-10;/h2-6,11-12,14H,7-9H2,1H3;1H. The van der Waals surface area contributed by atoms with E-state index in [0.717, 1.165) is 6.54 Å². The predicted octanol–water partition coefficient (Wildman–Crippen LogP) is 1.53. The molecule has 1 heterocycles. The van der Waals surface area contributed by atoms with Crippen molar-refractivity contribution in [3.8, 4) is 0 Å². The average molecular weight is 272 g/mol. The first-order chi connectivity index (χ1) is 8.29. The molecule has 1 fully saturated rings. The summed E-state index contributed by atoms with van der Waals surface area (Å²) in [4.78, 5) is 11.3. The monoisotopic (exact) mass is 271 g/mol. The van der Waals surface area contributed by atoms with Crippen LogP contribution in [0.4, 0.5) is 0 Å². The molecule has 100 valence electrons. The van der Waals surface area contributed by atoms with Crippen molar-refractivity contribution in [1.82, 2.24) is 5.32 Å². The van der Waals surface area contributed by atoms with Gasteiger partial charge in [-0.2, -0.15) is 0 Å². The van der Waals surface area contributed by atoms with Gasteiger partial charge in [0.25, 0.3) is 0 Å². The average Bonchev–Trinajstić information content (AvgIpc) is 2.85. The smallest absolute Gasteiger partial charge is 0.335 e. The van der Waals surface area contributed by atoms with Crippen molar-refractivity contribution in [2.24, 2.45) is 0 Å². The molecule has 1 aromatic rings. The summed E-state index contributed by atoms with van der Waals surface area (Å²) in [7, 11) is 1.39. The summed E-state index contributed by atoms with van der Waals surface area (Å²) in [6, 6.07) is 10.4. The molecule has 18 heavy (non-hydrogen) atoms. The van der Waals surface area contributed by atoms with Crippen molar-refractivity contribution in [3.05, 3.63) is 35.9 Å². The number of benzene rings is 1. The van der Waals surface area contributed by atoms with Crippen LogP contribution < -0.4 is 5.32 Å². The van der Waals surface area contributed by atoms with Crippen molar-refractivity contribution < 1.29 is 14.3 Å². The first-order valence-electron chi connectivity index (χ1n) is 5.76. The van der Waals surface area contributed by atoms with Gasteiger partial charge >= 0.3 is 5.97 Å². The van der Waals surface area contributed by atoms with Crippen molar-refractivity contribution in [2.75, 3.05) is 13.7 Å². The van der Waals surface area contributed by atoms with E-state index in [9.17, 15) is 4.79 Å². The molecule has 1 N–H and O–H groups in total. The summed E-state index contributed by atoms with van der Waals surface area (Å²) in [5.74, 6) is -0.283. The lowest BCUT2D eigenvalue weighted by Crippen LogP contribution is -2.29. The minimum Gasteiger partial charge on any atom is -0.467 e. The van der Waals surface area contributed by atoms with Crippen LogP contribution in [0.2, 0.25) is 0 Å². The van der Waals surface area contributed by atoms with E-state index < -0.39 is 6.10 Å². The van der Waals surface area contributed by atoms with Gasteiger partial charge in [-0.15, -0.1) is 12.4 Å². The fraction of sp³-hybridized carbons (Fsp3) is 0.462. The highest BCUT2D eigenvalue weighted by atomic mass is 35.5. The van der Waals surface area contributed by atoms with Crippen LogP contribution in [0, 0.1) is 0 Å². The maximum Gasteiger partial charge on any atom is 0.335 e. The first-order valence-corrected chi connectivity index (χ1v) is 5.76. The second-order valence-corrected chi connectivity index (χ2v) is 4.14. The summed E-state index contributed by atoms with van der Waals surface area (Å²) in [6.07, 6.45) is 0.271. The van der Waals surface area contributed by atoms with Crippen LogP contribution in [0.15, 0.2) is 30.3 Å². The maximum absolute atomic E-state index is 11.3. The molecule has 2 rings (SSSR count). The Labute approximate surface area is 113 Å². The fourth-order valence-electron chi connectivity index (χ4n) is 1.92. The first kappa shape index (κ1) is 15.0. The third-order valence-electron chi connectivity index (χ3n) is 2.90. The summed E-state index contributed by atoms with van der Waals surface area (Å²) in [5, 5.41) is 3.37. The van der Waals surface area contributed by atoms with Crippen LogP contribution >= 0.6 is 12.4 Å². The SMILES string of the molecule is COC(=O)C1CC(NCc2ccccc2)CO1.Cl. The molecule has 5 heteroatoms. The van der Waals surface area contributed by atoms with Crippen LogP contribution in [-0.4, -0.2) is 31.8 Å². The normalized spacial score (nSPS) is 22.3. The molecule has 0 saturated carbocycles. The molecule has 1 aliphatic rings. The zero-order valence-corrected chi connectivity index (χ0v) is 11.1. The van der Waals surface area contributed by atoms with E-state index in [1.807, 2.05) is 18.2 Å². The molecule has 0 amide bonds. The second kappa shape index (κ2) is 7.36. The van der Waals surface area contributed by atoms with Gasteiger partial charge < -0.3 is 14.8 Å². The Morgan fingerprint density at radius 1 is 1.44 bits per heavy atom. The van der Waals surface area contributed by atoms with E-state index in [-0.39, 0.29) is 24.4 Å². The lowest BCUT2D eigenvalue weighted by Gasteiger charge is -2.10. The largest absolute Gasteiger partial charge is 0.467 e. The molecule has 0 bridgehead atoms. The lowest BCUT2D eigenvalue weighted by atomic mass is 10.1. The van der Waals surface area contributed by atoms with Gasteiger partial charge in [0.15, 0.2) is 6.10 Å². The van der Waals surface area contributed by atoms with Gasteiger partial charge in [-0.1, -0.05) is 30.3 Å². The van der Waals surface area contributed by atoms with Crippen molar-refractivity contribution in [3.63, 3.8) is 0 Å². The number of hydrogen-bond donors (Lipinski definition) is 1. The van der Waals surface area contributed by atoms with E-state index in [2.05, 4.69) is 22.2 Å². The zero-order chi connectivity index (χ0) is 12.1. The Morgan fingerprint density at radius 2 is 2.17 bits per heavy atom. The van der Waals surface area contributed by atoms with Gasteiger partial charge in [-0.3, -0.25) is 0 Å². The highest BCUT2D eigenvalue weighted by Crippen LogP contribution is 2.15. The number of carbonyl (C=O) groups excluding carboxylic acids is 1. The number of methoxy groups -OCH3 is 1. The number of rotatable bonds is 4. The van der Waals surface area contributed by atoms with Crippen molar-refractivity contribution >= 4 is 18.4 Å². The number of halogens is 1. The molecular formula is C13H18ClNO3. The van der Waals surface area contributed by atoms with Crippen LogP contribution in [0.25, 0.3) is 0 Å². The highest BCUT2D eigenvalue weighted by Gasteiger charge is 2.31. The van der Waals surface area contributed by atoms with E-state index in [1.165, 1.54) is 12.7 Å². The minimum absolute atomic E-state index is 0. The lowest BCUT2D eigenvalue weighted by molar-refractivity contribution is -0.151. The van der Waals surface area contributed by atoms with Crippen LogP contribution in [0.3, 0.4) is 0 Å². The van der Waals surface area contributed by atoms with Gasteiger partial charge in [-0.25, -0.2) is 4.79 Å². The molecule has 1 aromatic carbocycles. The molecule has 2 unspecified atom stereocenters. The van der Waals surface area contributed by atoms with E-state index >= 15 is 0 Å². The Balaban J connectivity index is 0.00000162. The number of esters is 1. The van der Waals surface area contributed by atoms with Gasteiger partial charge in [0.1, 0.15) is 0 Å². The Morgan fingerprint density at radius 3 is 2.83 bits per heavy atom. The third-order valence-corrected chi connectivity index (χ3v) is 2.90. The molecule has 0 aliphatic carbocycles. The summed E-state index contributed by atoms with van der Waals surface area (Å²) >= 11 is 0. The second-order valence-electron chi connectivity index (χ2n) is 4.14. The highest BCUT2D eigenvalue weighted by molar-refractivity contribution is 5.85. The summed E-state index contributed by atoms with van der Waals surface area (Å²) in [6.45, 7) is 1.36. The molecule has 4 nitrogen and oxygen atoms in total. The number of nitrogens with one attached hydrogen (secondary N) is 1. The van der Waals surface area contributed by atoms with Crippen molar-refractivity contribution in [2.45, 2.75) is 25.1 Å². The van der Waals surface area contributed by atoms with Gasteiger partial charge in [0.05, 0.1) is 13.7 Å². The van der Waals surface area contributed by atoms with E-state index in [0.29, 0.717) is 13.0 Å². The van der Waals surface area contributed by atoms with E-state index in [4.69, 9.17) is 4.74 Å². The number of hydrogen-bond acceptors (Lipinski definition) is 4. The maximum atomic E-state index is 11.3. The van der Waals surface area contributed by atoms with E-state index in [1.54, 1.807) is 0 Å². The Kier molecular flexibility index (Phi) is 6.12. The molecule has 0 spiro atoms. The van der Waals surface area contributed by atoms with Crippen LogP contribution in [0.1, 0.15) is 12.0 Å².